The number of hydrogen-bond acceptors (Lipinski definition) is 3. The van der Waals surface area contributed by atoms with Crippen molar-refractivity contribution in [1.29, 1.82) is 0 Å². The summed E-state index contributed by atoms with van der Waals surface area (Å²) in [5, 5.41) is 9.79. The maximum absolute atomic E-state index is 11.8. The fraction of sp³-hybridized carbons (Fsp3) is 0.562. The van der Waals surface area contributed by atoms with Gasteiger partial charge in [-0.25, -0.2) is 0 Å². The van der Waals surface area contributed by atoms with Crippen molar-refractivity contribution in [2.24, 2.45) is 0 Å². The quantitative estimate of drug-likeness (QED) is 0.518. The van der Waals surface area contributed by atoms with Gasteiger partial charge in [-0.05, 0) is 18.6 Å². The predicted octanol–water partition coefficient (Wildman–Crippen LogP) is 4.07. The molecule has 0 amide bonds. The van der Waals surface area contributed by atoms with Crippen LogP contribution in [0.2, 0.25) is 0 Å². The lowest BCUT2D eigenvalue weighted by molar-refractivity contribution is -0.124. The summed E-state index contributed by atoms with van der Waals surface area (Å²) in [6.07, 6.45) is 5.56. The Balaban J connectivity index is 2.14. The number of carbonyl (C=O) groups is 1. The number of Topliss-reactive ketones (excluding diaryl/α,β-unsaturated/α-hetero) is 1. The van der Waals surface area contributed by atoms with Crippen molar-refractivity contribution in [1.82, 2.24) is 0 Å². The summed E-state index contributed by atoms with van der Waals surface area (Å²) >= 11 is 1.49. The molecule has 0 saturated carbocycles. The van der Waals surface area contributed by atoms with E-state index in [0.717, 1.165) is 17.7 Å². The molecule has 1 atom stereocenters. The van der Waals surface area contributed by atoms with Crippen LogP contribution in [-0.2, 0) is 4.79 Å². The molecule has 3 heteroatoms. The molecule has 1 aromatic rings. The van der Waals surface area contributed by atoms with Crippen molar-refractivity contribution >= 4 is 17.5 Å². The molecule has 0 aromatic heterocycles. The highest BCUT2D eigenvalue weighted by molar-refractivity contribution is 8.00. The maximum Gasteiger partial charge on any atom is 0.171 e. The summed E-state index contributed by atoms with van der Waals surface area (Å²) in [6.45, 7) is 2.18. The molecule has 0 fully saturated rings. The summed E-state index contributed by atoms with van der Waals surface area (Å²) in [5.41, 5.74) is 0. The molecule has 1 rings (SSSR count). The number of hydrogen-bond donors (Lipinski definition) is 1. The molecule has 0 spiro atoms. The van der Waals surface area contributed by atoms with Crippen LogP contribution in [0.3, 0.4) is 0 Å². The van der Waals surface area contributed by atoms with Crippen LogP contribution < -0.4 is 0 Å². The highest BCUT2D eigenvalue weighted by Gasteiger charge is 2.14. The Labute approximate surface area is 120 Å². The van der Waals surface area contributed by atoms with Crippen LogP contribution in [0.15, 0.2) is 35.2 Å². The van der Waals surface area contributed by atoms with Crippen LogP contribution in [0.5, 0.6) is 0 Å². The molecule has 0 heterocycles. The molecule has 1 unspecified atom stereocenters. The number of rotatable bonds is 10. The molecule has 1 N–H and O–H groups in total. The van der Waals surface area contributed by atoms with Gasteiger partial charge in [-0.2, -0.15) is 0 Å². The van der Waals surface area contributed by atoms with Crippen LogP contribution in [0, 0.1) is 0 Å². The van der Waals surface area contributed by atoms with E-state index in [4.69, 9.17) is 0 Å². The molecule has 106 valence electrons. The fourth-order valence-electron chi connectivity index (χ4n) is 1.87. The Hall–Kier alpha value is -0.800. The topological polar surface area (TPSA) is 37.3 Å². The molecule has 0 aliphatic carbocycles. The van der Waals surface area contributed by atoms with Gasteiger partial charge in [-0.15, -0.1) is 11.8 Å². The molecule has 0 radical (unpaired) electrons. The molecule has 19 heavy (non-hydrogen) atoms. The highest BCUT2D eigenvalue weighted by Crippen LogP contribution is 2.18. The SMILES string of the molecule is CCCCCCCC(O)C(=O)CSc1ccccc1. The minimum atomic E-state index is -0.780. The third-order valence-corrected chi connectivity index (χ3v) is 4.11. The van der Waals surface area contributed by atoms with E-state index < -0.39 is 6.10 Å². The van der Waals surface area contributed by atoms with E-state index in [1.54, 1.807) is 0 Å². The van der Waals surface area contributed by atoms with Crippen LogP contribution in [0.1, 0.15) is 45.4 Å². The molecule has 0 saturated heterocycles. The Morgan fingerprint density at radius 1 is 1.16 bits per heavy atom. The van der Waals surface area contributed by atoms with E-state index in [-0.39, 0.29) is 5.78 Å². The minimum Gasteiger partial charge on any atom is -0.385 e. The van der Waals surface area contributed by atoms with E-state index in [1.807, 2.05) is 30.3 Å². The van der Waals surface area contributed by atoms with Crippen molar-refractivity contribution in [3.63, 3.8) is 0 Å². The molecule has 0 bridgehead atoms. The lowest BCUT2D eigenvalue weighted by atomic mass is 10.1. The fourth-order valence-corrected chi connectivity index (χ4v) is 2.72. The van der Waals surface area contributed by atoms with Crippen molar-refractivity contribution in [3.05, 3.63) is 30.3 Å². The van der Waals surface area contributed by atoms with Crippen molar-refractivity contribution < 1.29 is 9.90 Å². The van der Waals surface area contributed by atoms with Gasteiger partial charge in [-0.3, -0.25) is 4.79 Å². The average molecular weight is 280 g/mol. The lowest BCUT2D eigenvalue weighted by Crippen LogP contribution is -2.22. The summed E-state index contributed by atoms with van der Waals surface area (Å²) in [5.74, 6) is 0.310. The second kappa shape index (κ2) is 10.0. The number of thioether (sulfide) groups is 1. The monoisotopic (exact) mass is 280 g/mol. The second-order valence-corrected chi connectivity index (χ2v) is 5.84. The first-order valence-electron chi connectivity index (χ1n) is 7.12. The van der Waals surface area contributed by atoms with Crippen molar-refractivity contribution in [2.45, 2.75) is 56.4 Å². The van der Waals surface area contributed by atoms with Crippen molar-refractivity contribution in [3.8, 4) is 0 Å². The normalized spacial score (nSPS) is 12.3. The molecule has 1 aromatic carbocycles. The van der Waals surface area contributed by atoms with Crippen LogP contribution in [0.4, 0.5) is 0 Å². The van der Waals surface area contributed by atoms with Gasteiger partial charge in [0.1, 0.15) is 6.10 Å². The molecule has 0 aliphatic rings. The zero-order valence-electron chi connectivity index (χ0n) is 11.7. The zero-order valence-corrected chi connectivity index (χ0v) is 12.5. The van der Waals surface area contributed by atoms with Gasteiger partial charge in [0.15, 0.2) is 5.78 Å². The maximum atomic E-state index is 11.8. The summed E-state index contributed by atoms with van der Waals surface area (Å²) in [6, 6.07) is 9.83. The third-order valence-electron chi connectivity index (χ3n) is 3.08. The van der Waals surface area contributed by atoms with Gasteiger partial charge in [-0.1, -0.05) is 57.2 Å². The minimum absolute atomic E-state index is 0.0515. The smallest absolute Gasteiger partial charge is 0.171 e. The first kappa shape index (κ1) is 16.3. The van der Waals surface area contributed by atoms with Crippen LogP contribution in [0.25, 0.3) is 0 Å². The van der Waals surface area contributed by atoms with Crippen LogP contribution in [-0.4, -0.2) is 22.7 Å². The van der Waals surface area contributed by atoms with Gasteiger partial charge < -0.3 is 5.11 Å². The Kier molecular flexibility index (Phi) is 8.59. The Morgan fingerprint density at radius 2 is 1.84 bits per heavy atom. The largest absolute Gasteiger partial charge is 0.385 e. The Morgan fingerprint density at radius 3 is 2.53 bits per heavy atom. The summed E-state index contributed by atoms with van der Waals surface area (Å²) in [7, 11) is 0. The molecular formula is C16H24O2S. The molecule has 0 aliphatic heterocycles. The number of aliphatic hydroxyl groups is 1. The summed E-state index contributed by atoms with van der Waals surface area (Å²) in [4.78, 5) is 12.8. The molecule has 2 nitrogen and oxygen atoms in total. The first-order valence-corrected chi connectivity index (χ1v) is 8.11. The van der Waals surface area contributed by atoms with Gasteiger partial charge >= 0.3 is 0 Å². The standard InChI is InChI=1S/C16H24O2S/c1-2-3-4-5-9-12-15(17)16(18)13-19-14-10-7-6-8-11-14/h6-8,10-11,15,17H,2-5,9,12-13H2,1H3. The van der Waals surface area contributed by atoms with Crippen molar-refractivity contribution in [2.75, 3.05) is 5.75 Å². The lowest BCUT2D eigenvalue weighted by Gasteiger charge is -2.09. The second-order valence-electron chi connectivity index (χ2n) is 4.79. The van der Waals surface area contributed by atoms with Crippen LogP contribution >= 0.6 is 11.8 Å². The zero-order chi connectivity index (χ0) is 13.9. The van der Waals surface area contributed by atoms with Gasteiger partial charge in [0, 0.05) is 4.90 Å². The molecular weight excluding hydrogens is 256 g/mol. The number of aliphatic hydroxyl groups excluding tert-OH is 1. The Bertz CT molecular complexity index is 351. The predicted molar refractivity (Wildman–Crippen MR) is 81.6 cm³/mol. The van der Waals surface area contributed by atoms with Gasteiger partial charge in [0.2, 0.25) is 0 Å². The highest BCUT2D eigenvalue weighted by atomic mass is 32.2. The van der Waals surface area contributed by atoms with Gasteiger partial charge in [0.25, 0.3) is 0 Å². The van der Waals surface area contributed by atoms with E-state index in [9.17, 15) is 9.90 Å². The van der Waals surface area contributed by atoms with E-state index in [1.165, 1.54) is 31.0 Å². The van der Waals surface area contributed by atoms with E-state index in [2.05, 4.69) is 6.92 Å². The summed E-state index contributed by atoms with van der Waals surface area (Å²) < 4.78 is 0. The van der Waals surface area contributed by atoms with E-state index in [0.29, 0.717) is 12.2 Å². The average Bonchev–Trinajstić information content (AvgIpc) is 2.45. The number of carbonyl (C=O) groups excluding carboxylic acids is 1. The number of unbranched alkanes of at least 4 members (excludes halogenated alkanes) is 4. The van der Waals surface area contributed by atoms with E-state index >= 15 is 0 Å². The number of ketones is 1. The first-order chi connectivity index (χ1) is 9.24. The third kappa shape index (κ3) is 7.38. The number of benzene rings is 1. The van der Waals surface area contributed by atoms with Gasteiger partial charge in [0.05, 0.1) is 5.75 Å².